The molecule has 2 aliphatic heterocycles. The molecule has 1 amide bonds. The number of hydrogen-bond donors (Lipinski definition) is 1. The Balaban J connectivity index is 1.58. The highest BCUT2D eigenvalue weighted by Crippen LogP contribution is 2.40. The third-order valence-electron chi connectivity index (χ3n) is 7.16. The molecule has 0 aromatic rings. The Morgan fingerprint density at radius 2 is 1.81 bits per heavy atom. The van der Waals surface area contributed by atoms with Gasteiger partial charge in [-0.2, -0.15) is 0 Å². The zero-order chi connectivity index (χ0) is 19.1. The topological polar surface area (TPSA) is 53.0 Å². The Kier molecular flexibility index (Phi) is 7.97. The highest BCUT2D eigenvalue weighted by Gasteiger charge is 2.46. The Morgan fingerprint density at radius 1 is 1.04 bits per heavy atom. The summed E-state index contributed by atoms with van der Waals surface area (Å²) >= 11 is 0. The molecule has 1 spiro atoms. The van der Waals surface area contributed by atoms with E-state index in [2.05, 4.69) is 9.80 Å². The van der Waals surface area contributed by atoms with E-state index in [9.17, 15) is 9.90 Å². The van der Waals surface area contributed by atoms with Crippen molar-refractivity contribution in [1.82, 2.24) is 9.80 Å². The van der Waals surface area contributed by atoms with Gasteiger partial charge in [0.2, 0.25) is 5.91 Å². The number of aliphatic hydroxyl groups is 1. The molecule has 0 aromatic heterocycles. The first-order valence-electron chi connectivity index (χ1n) is 11.3. The van der Waals surface area contributed by atoms with E-state index in [-0.39, 0.29) is 17.4 Å². The van der Waals surface area contributed by atoms with Gasteiger partial charge in [0.1, 0.15) is 0 Å². The molecule has 3 aliphatic rings. The number of rotatable bonds is 6. The lowest BCUT2D eigenvalue weighted by atomic mass is 9.71. The second-order valence-corrected chi connectivity index (χ2v) is 9.19. The number of likely N-dealkylation sites (tertiary alicyclic amines) is 2. The Labute approximate surface area is 165 Å². The van der Waals surface area contributed by atoms with E-state index in [0.29, 0.717) is 5.91 Å². The minimum atomic E-state index is -0.266. The summed E-state index contributed by atoms with van der Waals surface area (Å²) in [4.78, 5) is 17.8. The zero-order valence-electron chi connectivity index (χ0n) is 17.3. The molecular formula is C22H40N2O3. The number of hydrogen-bond acceptors (Lipinski definition) is 4. The molecule has 2 heterocycles. The fraction of sp³-hybridized carbons (Fsp3) is 0.955. The molecule has 0 bridgehead atoms. The largest absolute Gasteiger partial charge is 0.392 e. The van der Waals surface area contributed by atoms with E-state index in [1.54, 1.807) is 7.11 Å². The highest BCUT2D eigenvalue weighted by atomic mass is 16.5. The average Bonchev–Trinajstić information content (AvgIpc) is 2.97. The third-order valence-corrected chi connectivity index (χ3v) is 7.16. The maximum atomic E-state index is 13.2. The Morgan fingerprint density at radius 3 is 2.56 bits per heavy atom. The summed E-state index contributed by atoms with van der Waals surface area (Å²) in [7, 11) is 1.76. The monoisotopic (exact) mass is 380 g/mol. The SMILES string of the molecule is COCCCCN1CC[C@@H](O)[C@]2(CCCN(C(=O)C3CCCCCC3)C2)C1. The number of piperidine rings is 2. The van der Waals surface area contributed by atoms with Crippen LogP contribution in [0.1, 0.15) is 70.6 Å². The second kappa shape index (κ2) is 10.2. The lowest BCUT2D eigenvalue weighted by Gasteiger charge is -2.51. The van der Waals surface area contributed by atoms with Gasteiger partial charge in [-0.1, -0.05) is 25.7 Å². The summed E-state index contributed by atoms with van der Waals surface area (Å²) in [6.07, 6.45) is 12.0. The van der Waals surface area contributed by atoms with Crippen molar-refractivity contribution in [2.24, 2.45) is 11.3 Å². The third kappa shape index (κ3) is 5.45. The van der Waals surface area contributed by atoms with Crippen molar-refractivity contribution in [3.05, 3.63) is 0 Å². The van der Waals surface area contributed by atoms with Crippen LogP contribution in [0.3, 0.4) is 0 Å². The van der Waals surface area contributed by atoms with Crippen LogP contribution in [0.4, 0.5) is 0 Å². The van der Waals surface area contributed by atoms with Crippen molar-refractivity contribution < 1.29 is 14.6 Å². The molecule has 2 saturated heterocycles. The molecule has 1 N–H and O–H groups in total. The number of methoxy groups -OCH3 is 1. The minimum Gasteiger partial charge on any atom is -0.392 e. The van der Waals surface area contributed by atoms with Gasteiger partial charge >= 0.3 is 0 Å². The second-order valence-electron chi connectivity index (χ2n) is 9.19. The van der Waals surface area contributed by atoms with E-state index < -0.39 is 0 Å². The fourth-order valence-electron chi connectivity index (χ4n) is 5.55. The number of carbonyl (C=O) groups is 1. The van der Waals surface area contributed by atoms with Gasteiger partial charge in [-0.15, -0.1) is 0 Å². The molecular weight excluding hydrogens is 340 g/mol. The van der Waals surface area contributed by atoms with Crippen molar-refractivity contribution >= 4 is 5.91 Å². The Hall–Kier alpha value is -0.650. The summed E-state index contributed by atoms with van der Waals surface area (Å²) < 4.78 is 5.16. The average molecular weight is 381 g/mol. The van der Waals surface area contributed by atoms with Gasteiger partial charge in [-0.05, 0) is 51.5 Å². The number of carbonyl (C=O) groups excluding carboxylic acids is 1. The molecule has 1 aliphatic carbocycles. The van der Waals surface area contributed by atoms with Gasteiger partial charge in [0.05, 0.1) is 6.10 Å². The van der Waals surface area contributed by atoms with Gasteiger partial charge in [-0.25, -0.2) is 0 Å². The van der Waals surface area contributed by atoms with Crippen molar-refractivity contribution in [3.8, 4) is 0 Å². The first-order chi connectivity index (χ1) is 13.1. The predicted molar refractivity (Wildman–Crippen MR) is 108 cm³/mol. The number of aliphatic hydroxyl groups excluding tert-OH is 1. The number of unbranched alkanes of at least 4 members (excludes halogenated alkanes) is 1. The smallest absolute Gasteiger partial charge is 0.225 e. The van der Waals surface area contributed by atoms with Crippen LogP contribution in [0.15, 0.2) is 0 Å². The summed E-state index contributed by atoms with van der Waals surface area (Å²) in [5.74, 6) is 0.605. The molecule has 3 rings (SSSR count). The van der Waals surface area contributed by atoms with E-state index in [0.717, 1.165) is 84.3 Å². The van der Waals surface area contributed by atoms with Gasteiger partial charge in [0, 0.05) is 51.2 Å². The molecule has 0 aromatic carbocycles. The summed E-state index contributed by atoms with van der Waals surface area (Å²) in [5, 5.41) is 10.9. The summed E-state index contributed by atoms with van der Waals surface area (Å²) in [5.41, 5.74) is -0.113. The highest BCUT2D eigenvalue weighted by molar-refractivity contribution is 5.79. The minimum absolute atomic E-state index is 0.113. The van der Waals surface area contributed by atoms with Gasteiger partial charge in [0.25, 0.3) is 0 Å². The van der Waals surface area contributed by atoms with Crippen molar-refractivity contribution in [2.75, 3.05) is 46.4 Å². The van der Waals surface area contributed by atoms with E-state index >= 15 is 0 Å². The molecule has 1 saturated carbocycles. The van der Waals surface area contributed by atoms with E-state index in [4.69, 9.17) is 4.74 Å². The van der Waals surface area contributed by atoms with Gasteiger partial charge < -0.3 is 19.6 Å². The quantitative estimate of drug-likeness (QED) is 0.568. The van der Waals surface area contributed by atoms with Crippen LogP contribution in [-0.4, -0.2) is 73.4 Å². The van der Waals surface area contributed by atoms with Crippen molar-refractivity contribution in [1.29, 1.82) is 0 Å². The van der Waals surface area contributed by atoms with Crippen LogP contribution in [0.2, 0.25) is 0 Å². The van der Waals surface area contributed by atoms with E-state index in [1.165, 1.54) is 25.7 Å². The maximum Gasteiger partial charge on any atom is 0.225 e. The standard InChI is InChI=1S/C22H40N2O3/c1-27-16-7-6-13-23-15-11-20(25)22(17-23)12-8-14-24(18-22)21(26)19-9-4-2-3-5-10-19/h19-20,25H,2-18H2,1H3/t20-,22-/m1/s1. The summed E-state index contributed by atoms with van der Waals surface area (Å²) in [6.45, 7) is 5.47. The molecule has 0 radical (unpaired) electrons. The first-order valence-corrected chi connectivity index (χ1v) is 11.3. The zero-order valence-corrected chi connectivity index (χ0v) is 17.3. The normalized spacial score (nSPS) is 31.2. The summed E-state index contributed by atoms with van der Waals surface area (Å²) in [6, 6.07) is 0. The van der Waals surface area contributed by atoms with Crippen LogP contribution in [0.25, 0.3) is 0 Å². The predicted octanol–water partition coefficient (Wildman–Crippen LogP) is 3.06. The molecule has 156 valence electrons. The molecule has 0 unspecified atom stereocenters. The van der Waals surface area contributed by atoms with Crippen LogP contribution in [0.5, 0.6) is 0 Å². The molecule has 2 atom stereocenters. The van der Waals surface area contributed by atoms with Gasteiger partial charge in [0.15, 0.2) is 0 Å². The fourth-order valence-corrected chi connectivity index (χ4v) is 5.55. The maximum absolute atomic E-state index is 13.2. The van der Waals surface area contributed by atoms with Crippen LogP contribution >= 0.6 is 0 Å². The molecule has 27 heavy (non-hydrogen) atoms. The molecule has 5 heteroatoms. The van der Waals surface area contributed by atoms with Gasteiger partial charge in [-0.3, -0.25) is 4.79 Å². The van der Waals surface area contributed by atoms with E-state index in [1.807, 2.05) is 0 Å². The van der Waals surface area contributed by atoms with Crippen LogP contribution < -0.4 is 0 Å². The lowest BCUT2D eigenvalue weighted by molar-refractivity contribution is -0.146. The lowest BCUT2D eigenvalue weighted by Crippen LogP contribution is -2.60. The van der Waals surface area contributed by atoms with Crippen molar-refractivity contribution in [3.63, 3.8) is 0 Å². The number of ether oxygens (including phenoxy) is 1. The van der Waals surface area contributed by atoms with Crippen molar-refractivity contribution in [2.45, 2.75) is 76.7 Å². The van der Waals surface area contributed by atoms with Crippen LogP contribution in [0, 0.1) is 11.3 Å². The number of nitrogens with zero attached hydrogens (tertiary/aromatic N) is 2. The molecule has 3 fully saturated rings. The Bertz CT molecular complexity index is 464. The first kappa shape index (κ1) is 21.1. The molecule has 5 nitrogen and oxygen atoms in total. The number of amides is 1. The van der Waals surface area contributed by atoms with Crippen LogP contribution in [-0.2, 0) is 9.53 Å².